The molecule has 1 aromatic heterocycles. The van der Waals surface area contributed by atoms with Gasteiger partial charge in [0.2, 0.25) is 0 Å². The van der Waals surface area contributed by atoms with E-state index in [0.717, 1.165) is 31.0 Å². The molecule has 1 aliphatic rings. The van der Waals surface area contributed by atoms with E-state index in [1.165, 1.54) is 12.8 Å². The van der Waals surface area contributed by atoms with Gasteiger partial charge >= 0.3 is 0 Å². The standard InChI is InChI=1S/C13H25N5O/c1-10-4-6-13(19-3,7-5-10)11(17-14)8-12-15-9-16-18(12)2/h9-11,17H,4-8,14H2,1-3H3. The molecular weight excluding hydrogens is 242 g/mol. The fourth-order valence-electron chi connectivity index (χ4n) is 3.03. The highest BCUT2D eigenvalue weighted by atomic mass is 16.5. The van der Waals surface area contributed by atoms with Crippen LogP contribution in [0.1, 0.15) is 38.4 Å². The summed E-state index contributed by atoms with van der Waals surface area (Å²) in [4.78, 5) is 4.28. The molecule has 1 saturated carbocycles. The van der Waals surface area contributed by atoms with Crippen molar-refractivity contribution in [3.8, 4) is 0 Å². The molecule has 1 aromatic rings. The molecule has 0 aliphatic heterocycles. The first-order valence-electron chi connectivity index (χ1n) is 6.95. The first-order valence-corrected chi connectivity index (χ1v) is 6.95. The lowest BCUT2D eigenvalue weighted by molar-refractivity contribution is -0.0751. The van der Waals surface area contributed by atoms with Gasteiger partial charge < -0.3 is 4.74 Å². The van der Waals surface area contributed by atoms with Gasteiger partial charge in [0.15, 0.2) is 0 Å². The van der Waals surface area contributed by atoms with Crippen molar-refractivity contribution >= 4 is 0 Å². The van der Waals surface area contributed by atoms with Crippen molar-refractivity contribution < 1.29 is 4.74 Å². The predicted octanol–water partition coefficient (Wildman–Crippen LogP) is 0.785. The molecule has 1 heterocycles. The van der Waals surface area contributed by atoms with E-state index in [9.17, 15) is 0 Å². The van der Waals surface area contributed by atoms with Crippen molar-refractivity contribution in [1.82, 2.24) is 20.2 Å². The summed E-state index contributed by atoms with van der Waals surface area (Å²) in [5.74, 6) is 7.48. The Labute approximate surface area is 114 Å². The Kier molecular flexibility index (Phi) is 4.54. The van der Waals surface area contributed by atoms with Gasteiger partial charge in [0.1, 0.15) is 12.2 Å². The monoisotopic (exact) mass is 267 g/mol. The number of aromatic nitrogens is 3. The summed E-state index contributed by atoms with van der Waals surface area (Å²) in [6.45, 7) is 2.30. The van der Waals surface area contributed by atoms with Gasteiger partial charge in [-0.25, -0.2) is 4.98 Å². The molecule has 0 aromatic carbocycles. The van der Waals surface area contributed by atoms with Crippen LogP contribution in [0.25, 0.3) is 0 Å². The molecule has 6 heteroatoms. The van der Waals surface area contributed by atoms with Crippen molar-refractivity contribution in [2.45, 2.75) is 50.7 Å². The second-order valence-corrected chi connectivity index (χ2v) is 5.67. The van der Waals surface area contributed by atoms with E-state index < -0.39 is 0 Å². The molecule has 1 unspecified atom stereocenters. The van der Waals surface area contributed by atoms with Crippen LogP contribution in [-0.2, 0) is 18.2 Å². The summed E-state index contributed by atoms with van der Waals surface area (Å²) in [5, 5.41) is 4.11. The Morgan fingerprint density at radius 3 is 2.74 bits per heavy atom. The highest BCUT2D eigenvalue weighted by Gasteiger charge is 2.41. The van der Waals surface area contributed by atoms with E-state index >= 15 is 0 Å². The molecule has 0 amide bonds. The molecule has 19 heavy (non-hydrogen) atoms. The van der Waals surface area contributed by atoms with Gasteiger partial charge in [0.05, 0.1) is 11.6 Å². The second kappa shape index (κ2) is 5.98. The third kappa shape index (κ3) is 2.96. The van der Waals surface area contributed by atoms with Gasteiger partial charge in [-0.2, -0.15) is 5.10 Å². The summed E-state index contributed by atoms with van der Waals surface area (Å²) < 4.78 is 7.66. The van der Waals surface area contributed by atoms with E-state index in [0.29, 0.717) is 0 Å². The summed E-state index contributed by atoms with van der Waals surface area (Å²) in [5.41, 5.74) is 2.75. The minimum Gasteiger partial charge on any atom is -0.377 e. The molecule has 0 bridgehead atoms. The molecule has 6 nitrogen and oxygen atoms in total. The number of hydrogen-bond donors (Lipinski definition) is 2. The Morgan fingerprint density at radius 2 is 2.26 bits per heavy atom. The molecule has 108 valence electrons. The number of hydrogen-bond acceptors (Lipinski definition) is 5. The fourth-order valence-corrected chi connectivity index (χ4v) is 3.03. The largest absolute Gasteiger partial charge is 0.377 e. The maximum absolute atomic E-state index is 5.87. The van der Waals surface area contributed by atoms with Gasteiger partial charge in [0.25, 0.3) is 0 Å². The molecule has 0 saturated heterocycles. The van der Waals surface area contributed by atoms with E-state index in [1.54, 1.807) is 18.1 Å². The van der Waals surface area contributed by atoms with Crippen molar-refractivity contribution in [1.29, 1.82) is 0 Å². The zero-order valence-corrected chi connectivity index (χ0v) is 12.1. The Morgan fingerprint density at radius 1 is 1.58 bits per heavy atom. The van der Waals surface area contributed by atoms with Crippen LogP contribution in [0.5, 0.6) is 0 Å². The first-order chi connectivity index (χ1) is 9.11. The lowest BCUT2D eigenvalue weighted by atomic mass is 9.74. The summed E-state index contributed by atoms with van der Waals surface area (Å²) >= 11 is 0. The summed E-state index contributed by atoms with van der Waals surface area (Å²) in [7, 11) is 3.69. The number of hydrazine groups is 1. The minimum atomic E-state index is -0.187. The molecule has 3 N–H and O–H groups in total. The lowest BCUT2D eigenvalue weighted by Crippen LogP contribution is -2.57. The zero-order chi connectivity index (χ0) is 13.9. The lowest BCUT2D eigenvalue weighted by Gasteiger charge is -2.43. The van der Waals surface area contributed by atoms with E-state index in [4.69, 9.17) is 10.6 Å². The first kappa shape index (κ1) is 14.4. The fraction of sp³-hybridized carbons (Fsp3) is 0.846. The third-order valence-corrected chi connectivity index (χ3v) is 4.56. The molecular formula is C13H25N5O. The van der Waals surface area contributed by atoms with Gasteiger partial charge in [-0.05, 0) is 31.6 Å². The number of nitrogens with zero attached hydrogens (tertiary/aromatic N) is 3. The summed E-state index contributed by atoms with van der Waals surface area (Å²) in [6.07, 6.45) is 6.75. The quantitative estimate of drug-likeness (QED) is 0.609. The van der Waals surface area contributed by atoms with Crippen LogP contribution in [0.3, 0.4) is 0 Å². The number of nitrogens with two attached hydrogens (primary N) is 1. The topological polar surface area (TPSA) is 78.0 Å². The van der Waals surface area contributed by atoms with Crippen molar-refractivity contribution in [2.75, 3.05) is 7.11 Å². The molecule has 0 radical (unpaired) electrons. The van der Waals surface area contributed by atoms with Crippen LogP contribution < -0.4 is 11.3 Å². The number of ether oxygens (including phenoxy) is 1. The highest BCUT2D eigenvalue weighted by molar-refractivity contribution is 5.01. The molecule has 1 fully saturated rings. The van der Waals surface area contributed by atoms with Crippen molar-refractivity contribution in [3.05, 3.63) is 12.2 Å². The van der Waals surface area contributed by atoms with Gasteiger partial charge in [0, 0.05) is 20.6 Å². The number of rotatable bonds is 5. The predicted molar refractivity (Wildman–Crippen MR) is 73.2 cm³/mol. The van der Waals surface area contributed by atoms with Crippen LogP contribution in [0.15, 0.2) is 6.33 Å². The smallest absolute Gasteiger partial charge is 0.138 e. The Bertz CT molecular complexity index is 397. The SMILES string of the molecule is COC1(C(Cc2ncnn2C)NN)CCC(C)CC1. The maximum Gasteiger partial charge on any atom is 0.138 e. The average molecular weight is 267 g/mol. The van der Waals surface area contributed by atoms with Crippen LogP contribution >= 0.6 is 0 Å². The van der Waals surface area contributed by atoms with Crippen LogP contribution in [0, 0.1) is 5.92 Å². The second-order valence-electron chi connectivity index (χ2n) is 5.67. The normalized spacial score (nSPS) is 29.4. The Balaban J connectivity index is 2.12. The van der Waals surface area contributed by atoms with Crippen molar-refractivity contribution in [2.24, 2.45) is 18.8 Å². The number of nitrogens with one attached hydrogen (secondary N) is 1. The zero-order valence-electron chi connectivity index (χ0n) is 12.1. The number of methoxy groups -OCH3 is 1. The van der Waals surface area contributed by atoms with E-state index in [2.05, 4.69) is 22.4 Å². The number of aryl methyl sites for hydroxylation is 1. The van der Waals surface area contributed by atoms with Gasteiger partial charge in [-0.15, -0.1) is 0 Å². The third-order valence-electron chi connectivity index (χ3n) is 4.56. The minimum absolute atomic E-state index is 0.0629. The summed E-state index contributed by atoms with van der Waals surface area (Å²) in [6, 6.07) is 0.0629. The molecule has 1 atom stereocenters. The van der Waals surface area contributed by atoms with Gasteiger partial charge in [-0.1, -0.05) is 6.92 Å². The maximum atomic E-state index is 5.87. The highest BCUT2D eigenvalue weighted by Crippen LogP contribution is 2.37. The van der Waals surface area contributed by atoms with Crippen LogP contribution in [0.4, 0.5) is 0 Å². The molecule has 1 aliphatic carbocycles. The molecule has 0 spiro atoms. The van der Waals surface area contributed by atoms with E-state index in [-0.39, 0.29) is 11.6 Å². The van der Waals surface area contributed by atoms with Crippen LogP contribution in [-0.4, -0.2) is 33.5 Å². The van der Waals surface area contributed by atoms with Crippen LogP contribution in [0.2, 0.25) is 0 Å². The average Bonchev–Trinajstić information content (AvgIpc) is 2.83. The van der Waals surface area contributed by atoms with Gasteiger partial charge in [-0.3, -0.25) is 16.0 Å². The van der Waals surface area contributed by atoms with Crippen molar-refractivity contribution in [3.63, 3.8) is 0 Å². The Hall–Kier alpha value is -0.980. The van der Waals surface area contributed by atoms with E-state index in [1.807, 2.05) is 7.05 Å². The molecule has 2 rings (SSSR count).